The number of aryl methyl sites for hydroxylation is 3. The first-order chi connectivity index (χ1) is 31.1. The Kier molecular flexibility index (Phi) is 11.6. The molecule has 6 heterocycles. The number of aromatic nitrogens is 6. The molecule has 4 aromatic heterocycles. The van der Waals surface area contributed by atoms with Crippen molar-refractivity contribution in [3.05, 3.63) is 128 Å². The minimum atomic E-state index is -0.290. The third kappa shape index (κ3) is 8.43. The maximum Gasteiger partial charge on any atom is 0.272 e. The normalized spacial score (nSPS) is 22.7. The van der Waals surface area contributed by atoms with Crippen molar-refractivity contribution in [2.75, 3.05) is 18.0 Å². The molecule has 1 saturated heterocycles. The zero-order valence-corrected chi connectivity index (χ0v) is 38.0. The highest BCUT2D eigenvalue weighted by Gasteiger charge is 2.46. The first kappa shape index (κ1) is 42.1. The Hall–Kier alpha value is -5.91. The second-order valence-electron chi connectivity index (χ2n) is 18.2. The molecule has 1 atom stereocenters. The number of nitrogens with zero attached hydrogens (tertiary/aromatic N) is 9. The van der Waals surface area contributed by atoms with Gasteiger partial charge in [0.25, 0.3) is 5.91 Å². The molecule has 15 heteroatoms. The van der Waals surface area contributed by atoms with Crippen LogP contribution < -0.4 is 15.0 Å². The van der Waals surface area contributed by atoms with Gasteiger partial charge in [0.05, 0.1) is 35.0 Å². The van der Waals surface area contributed by atoms with Crippen LogP contribution in [0, 0.1) is 43.4 Å². The molecule has 1 N–H and O–H groups in total. The molecule has 4 aliphatic rings. The van der Waals surface area contributed by atoms with E-state index in [1.54, 1.807) is 42.0 Å². The number of halogens is 1. The van der Waals surface area contributed by atoms with Crippen LogP contribution in [-0.2, 0) is 12.8 Å². The van der Waals surface area contributed by atoms with Gasteiger partial charge in [-0.25, -0.2) is 4.98 Å². The third-order valence-corrected chi connectivity index (χ3v) is 15.3. The van der Waals surface area contributed by atoms with Crippen LogP contribution in [0.5, 0.6) is 5.75 Å². The second kappa shape index (κ2) is 17.6. The average molecular weight is 896 g/mol. The average Bonchev–Trinajstić information content (AvgIpc) is 4.01. The zero-order valence-electron chi connectivity index (χ0n) is 36.4. The topological polar surface area (TPSA) is 160 Å². The lowest BCUT2D eigenvalue weighted by Crippen LogP contribution is -2.50. The molecular formula is C49H51ClN10O3S. The smallest absolute Gasteiger partial charge is 0.272 e. The van der Waals surface area contributed by atoms with Crippen LogP contribution in [0.25, 0.3) is 5.00 Å². The summed E-state index contributed by atoms with van der Waals surface area (Å²) in [6.07, 6.45) is 14.1. The number of nitrogens with one attached hydrogen (secondary N) is 1. The molecule has 10 rings (SSSR count). The highest BCUT2D eigenvalue weighted by atomic mass is 35.5. The highest BCUT2D eigenvalue weighted by Crippen LogP contribution is 2.53. The molecule has 2 aromatic carbocycles. The number of nitriles is 1. The molecule has 2 aliphatic heterocycles. The van der Waals surface area contributed by atoms with E-state index in [4.69, 9.17) is 31.0 Å². The molecule has 2 saturated carbocycles. The van der Waals surface area contributed by atoms with E-state index < -0.39 is 0 Å². The highest BCUT2D eigenvalue weighted by molar-refractivity contribution is 7.15. The molecule has 0 unspecified atom stereocenters. The van der Waals surface area contributed by atoms with Gasteiger partial charge >= 0.3 is 0 Å². The number of ether oxygens (including phenoxy) is 1. The lowest BCUT2D eigenvalue weighted by molar-refractivity contribution is 0.0335. The van der Waals surface area contributed by atoms with E-state index in [1.165, 1.54) is 41.7 Å². The van der Waals surface area contributed by atoms with Crippen LogP contribution in [0.15, 0.2) is 76.5 Å². The first-order valence-electron chi connectivity index (χ1n) is 22.5. The SMILES string of the molecule is Cc1sc2c(c1C)C(c1ccc(CCC3CC4(CCCN(c5ccc(C(=O)NC6CCC(Oc7ccc(C#N)c(Cl)c7)CC6)nn5)C4)C3)cc1)=N[C@@H](Cc1ncco1)c1nnc(C)n1-2. The number of amides is 1. The molecule has 0 bridgehead atoms. The molecule has 328 valence electrons. The van der Waals surface area contributed by atoms with Gasteiger partial charge < -0.3 is 19.4 Å². The summed E-state index contributed by atoms with van der Waals surface area (Å²) in [5.74, 6) is 4.29. The van der Waals surface area contributed by atoms with Gasteiger partial charge in [0.15, 0.2) is 23.2 Å². The number of thiophene rings is 1. The van der Waals surface area contributed by atoms with Gasteiger partial charge in [-0.1, -0.05) is 35.9 Å². The van der Waals surface area contributed by atoms with Crippen molar-refractivity contribution in [3.63, 3.8) is 0 Å². The van der Waals surface area contributed by atoms with E-state index in [0.29, 0.717) is 45.7 Å². The molecular weight excluding hydrogens is 844 g/mol. The van der Waals surface area contributed by atoms with Gasteiger partial charge in [0.1, 0.15) is 34.9 Å². The number of benzene rings is 2. The molecule has 3 fully saturated rings. The van der Waals surface area contributed by atoms with E-state index in [-0.39, 0.29) is 24.1 Å². The molecule has 13 nitrogen and oxygen atoms in total. The Morgan fingerprint density at radius 3 is 2.59 bits per heavy atom. The van der Waals surface area contributed by atoms with Crippen molar-refractivity contribution in [2.45, 2.75) is 110 Å². The van der Waals surface area contributed by atoms with Crippen molar-refractivity contribution < 1.29 is 13.9 Å². The number of anilines is 1. The number of carbonyl (C=O) groups is 1. The van der Waals surface area contributed by atoms with Crippen LogP contribution in [-0.4, -0.2) is 66.8 Å². The molecule has 1 spiro atoms. The van der Waals surface area contributed by atoms with Crippen LogP contribution in [0.4, 0.5) is 5.82 Å². The van der Waals surface area contributed by atoms with Gasteiger partial charge in [0, 0.05) is 41.2 Å². The fourth-order valence-electron chi connectivity index (χ4n) is 10.4. The van der Waals surface area contributed by atoms with Gasteiger partial charge in [-0.3, -0.25) is 14.4 Å². The minimum Gasteiger partial charge on any atom is -0.490 e. The number of carbonyl (C=O) groups excluding carboxylic acids is 1. The quantitative estimate of drug-likeness (QED) is 0.133. The number of fused-ring (bicyclic) bond motifs is 3. The van der Waals surface area contributed by atoms with Crippen molar-refractivity contribution in [3.8, 4) is 16.8 Å². The molecule has 1 amide bonds. The Balaban J connectivity index is 0.719. The first-order valence-corrected chi connectivity index (χ1v) is 23.7. The maximum atomic E-state index is 13.2. The number of hydrogen-bond acceptors (Lipinski definition) is 12. The van der Waals surface area contributed by atoms with Gasteiger partial charge in [-0.05, 0) is 132 Å². The van der Waals surface area contributed by atoms with Crippen LogP contribution in [0.1, 0.15) is 125 Å². The van der Waals surface area contributed by atoms with E-state index in [0.717, 1.165) is 90.9 Å². The van der Waals surface area contributed by atoms with E-state index in [1.807, 2.05) is 19.1 Å². The minimum absolute atomic E-state index is 0.0354. The molecule has 6 aromatic rings. The summed E-state index contributed by atoms with van der Waals surface area (Å²) in [5.41, 5.74) is 6.88. The molecule has 0 radical (unpaired) electrons. The van der Waals surface area contributed by atoms with Crippen LogP contribution in [0.2, 0.25) is 5.02 Å². The van der Waals surface area contributed by atoms with Gasteiger partial charge in [-0.2, -0.15) is 5.26 Å². The third-order valence-electron chi connectivity index (χ3n) is 13.8. The van der Waals surface area contributed by atoms with Crippen molar-refractivity contribution in [2.24, 2.45) is 16.3 Å². The monoisotopic (exact) mass is 894 g/mol. The molecule has 64 heavy (non-hydrogen) atoms. The summed E-state index contributed by atoms with van der Waals surface area (Å²) in [7, 11) is 0. The van der Waals surface area contributed by atoms with Crippen LogP contribution in [0.3, 0.4) is 0 Å². The number of oxazole rings is 1. The Morgan fingerprint density at radius 2 is 1.86 bits per heavy atom. The summed E-state index contributed by atoms with van der Waals surface area (Å²) in [5, 5.41) is 31.8. The number of aliphatic imine (C=N–C) groups is 1. The van der Waals surface area contributed by atoms with E-state index in [9.17, 15) is 4.79 Å². The van der Waals surface area contributed by atoms with Crippen molar-refractivity contribution >= 4 is 40.4 Å². The van der Waals surface area contributed by atoms with Gasteiger partial charge in [-0.15, -0.1) is 31.7 Å². The summed E-state index contributed by atoms with van der Waals surface area (Å²) in [4.78, 5) is 26.6. The number of piperidine rings is 1. The Bertz CT molecular complexity index is 2730. The lowest BCUT2D eigenvalue weighted by Gasteiger charge is -2.53. The standard InChI is InChI=1S/C49H51ClN10O3S/c1-29-30(2)64-48-44(29)45(54-41(24-43-52-20-22-62-43)46-58-55-31(3)60(46)48)34-9-7-32(8-10-34)5-6-33-25-49(26-33)19-4-21-59(28-49)42-18-17-40(56-57-42)47(61)53-36-12-15-37(16-13-36)63-38-14-11-35(27-51)39(50)23-38/h7-11,14,17-18,20,22-23,33,36-37,41H,4-6,12-13,15-16,19,21,24-26,28H2,1-3H3,(H,53,61)/t33?,36?,37?,41-,49?/m0/s1. The maximum absolute atomic E-state index is 13.2. The van der Waals surface area contributed by atoms with E-state index >= 15 is 0 Å². The number of hydrogen-bond donors (Lipinski definition) is 1. The predicted molar refractivity (Wildman–Crippen MR) is 246 cm³/mol. The fraction of sp³-hybridized carbons (Fsp3) is 0.429. The Morgan fingerprint density at radius 1 is 1.03 bits per heavy atom. The van der Waals surface area contributed by atoms with Gasteiger partial charge in [0.2, 0.25) is 0 Å². The Labute approximate surface area is 382 Å². The zero-order chi connectivity index (χ0) is 44.0. The van der Waals surface area contributed by atoms with E-state index in [2.05, 4.69) is 84.3 Å². The van der Waals surface area contributed by atoms with Crippen molar-refractivity contribution in [1.29, 1.82) is 5.26 Å². The summed E-state index contributed by atoms with van der Waals surface area (Å²) in [6.45, 7) is 8.30. The van der Waals surface area contributed by atoms with Crippen molar-refractivity contribution in [1.82, 2.24) is 35.3 Å². The lowest BCUT2D eigenvalue weighted by atomic mass is 9.57. The number of rotatable bonds is 11. The molecule has 2 aliphatic carbocycles. The van der Waals surface area contributed by atoms with Crippen LogP contribution >= 0.6 is 22.9 Å². The largest absolute Gasteiger partial charge is 0.490 e. The second-order valence-corrected chi connectivity index (χ2v) is 19.8. The predicted octanol–water partition coefficient (Wildman–Crippen LogP) is 9.44. The summed E-state index contributed by atoms with van der Waals surface area (Å²) < 4.78 is 14.0. The summed E-state index contributed by atoms with van der Waals surface area (Å²) in [6, 6.07) is 19.8. The summed E-state index contributed by atoms with van der Waals surface area (Å²) >= 11 is 7.95. The fourth-order valence-corrected chi connectivity index (χ4v) is 11.8.